The Morgan fingerprint density at radius 1 is 0.733 bits per heavy atom. The van der Waals surface area contributed by atoms with Crippen LogP contribution in [0.15, 0.2) is 0 Å². The molecule has 0 bridgehead atoms. The third kappa shape index (κ3) is 23.7. The minimum absolute atomic E-state index is 0. The van der Waals surface area contributed by atoms with E-state index in [2.05, 4.69) is 33.5 Å². The second-order valence-corrected chi connectivity index (χ2v) is 10.6. The maximum atomic E-state index is 12.6. The molecule has 178 valence electrons. The topological polar surface area (TPSA) is 56.8 Å². The third-order valence-corrected chi connectivity index (χ3v) is 6.12. The summed E-state index contributed by atoms with van der Waals surface area (Å²) in [5.41, 5.74) is 2.80. The average Bonchev–Trinajstić information content (AvgIpc) is 2.66. The zero-order valence-electron chi connectivity index (χ0n) is 22.0. The van der Waals surface area contributed by atoms with Crippen molar-refractivity contribution in [1.82, 2.24) is 5.48 Å². The molecule has 0 amide bonds. The normalized spacial score (nSPS) is 13.8. The van der Waals surface area contributed by atoms with Crippen molar-refractivity contribution in [3.8, 4) is 0 Å². The molecule has 0 spiro atoms. The summed E-state index contributed by atoms with van der Waals surface area (Å²) in [7, 11) is 2.66. The van der Waals surface area contributed by atoms with Gasteiger partial charge < -0.3 is 5.91 Å². The van der Waals surface area contributed by atoms with Gasteiger partial charge in [-0.2, -0.15) is 10.1 Å². The summed E-state index contributed by atoms with van der Waals surface area (Å²) in [6.07, 6.45) is 16.5. The van der Waals surface area contributed by atoms with Crippen LogP contribution in [0.5, 0.6) is 0 Å². The standard InChI is InChI=1S/C22H50N2O4P.Na.H/c1-6-8-9-10-11-12-13-14-15-16-17-18-19-23-28-29(25,26-21-7-2)27-22-20-24(3,4)5;;/h23H,6-22H2,1-5H3;;/q2*+1;-1. The van der Waals surface area contributed by atoms with Crippen LogP contribution in [0.2, 0.25) is 0 Å². The molecule has 0 aromatic carbocycles. The predicted octanol–water partition coefficient (Wildman–Crippen LogP) is 3.58. The van der Waals surface area contributed by atoms with Crippen molar-refractivity contribution in [2.75, 3.05) is 47.4 Å². The van der Waals surface area contributed by atoms with E-state index in [1.54, 1.807) is 0 Å². The Morgan fingerprint density at radius 3 is 1.67 bits per heavy atom. The Bertz CT molecular complexity index is 415. The third-order valence-electron chi connectivity index (χ3n) is 4.77. The number of nitrogens with zero attached hydrogens (tertiary/aromatic N) is 1. The van der Waals surface area contributed by atoms with Gasteiger partial charge in [-0.15, -0.1) is 0 Å². The number of hydrogen-bond donors (Lipinski definition) is 1. The fourth-order valence-electron chi connectivity index (χ4n) is 2.88. The first-order valence-electron chi connectivity index (χ1n) is 11.9. The molecule has 0 aliphatic heterocycles. The summed E-state index contributed by atoms with van der Waals surface area (Å²) in [6, 6.07) is 0. The first-order valence-corrected chi connectivity index (χ1v) is 13.4. The smallest absolute Gasteiger partial charge is 1.00 e. The van der Waals surface area contributed by atoms with Crippen LogP contribution < -0.4 is 35.0 Å². The van der Waals surface area contributed by atoms with Crippen molar-refractivity contribution < 1.29 is 53.7 Å². The second kappa shape index (κ2) is 21.9. The van der Waals surface area contributed by atoms with Crippen molar-refractivity contribution in [2.24, 2.45) is 0 Å². The molecule has 0 saturated heterocycles. The SMILES string of the molecule is CCCCCCCCCCCCCCNOP(=O)(OCCC)OCC[N+](C)(C)C.[H-].[Na+]. The van der Waals surface area contributed by atoms with Crippen LogP contribution in [0.4, 0.5) is 0 Å². The van der Waals surface area contributed by atoms with E-state index in [0.717, 1.165) is 30.3 Å². The molecule has 8 heteroatoms. The van der Waals surface area contributed by atoms with Gasteiger partial charge in [-0.3, -0.25) is 9.05 Å². The van der Waals surface area contributed by atoms with E-state index in [0.29, 0.717) is 19.8 Å². The molecule has 0 fully saturated rings. The van der Waals surface area contributed by atoms with Crippen molar-refractivity contribution in [3.05, 3.63) is 0 Å². The maximum absolute atomic E-state index is 12.6. The molecule has 0 aliphatic carbocycles. The van der Waals surface area contributed by atoms with Crippen LogP contribution >= 0.6 is 7.82 Å². The van der Waals surface area contributed by atoms with Gasteiger partial charge in [0.25, 0.3) is 0 Å². The second-order valence-electron chi connectivity index (χ2n) is 9.00. The number of hydroxylamine groups is 1. The largest absolute Gasteiger partial charge is 1.00 e. The number of rotatable bonds is 22. The molecule has 0 saturated carbocycles. The number of nitrogens with one attached hydrogen (secondary N) is 1. The van der Waals surface area contributed by atoms with Gasteiger partial charge in [0.2, 0.25) is 0 Å². The van der Waals surface area contributed by atoms with E-state index in [-0.39, 0.29) is 31.0 Å². The molecule has 0 aromatic heterocycles. The molecule has 0 aliphatic rings. The van der Waals surface area contributed by atoms with Gasteiger partial charge >= 0.3 is 37.4 Å². The van der Waals surface area contributed by atoms with Gasteiger partial charge in [-0.05, 0) is 12.8 Å². The van der Waals surface area contributed by atoms with Crippen molar-refractivity contribution in [2.45, 2.75) is 97.3 Å². The first kappa shape index (κ1) is 33.2. The summed E-state index contributed by atoms with van der Waals surface area (Å²) < 4.78 is 29.5. The van der Waals surface area contributed by atoms with Crippen molar-refractivity contribution >= 4 is 7.82 Å². The Kier molecular flexibility index (Phi) is 24.2. The zero-order valence-corrected chi connectivity index (χ0v) is 23.9. The van der Waals surface area contributed by atoms with Crippen LogP contribution in [0.1, 0.15) is 98.7 Å². The number of likely N-dealkylation sites (N-methyl/N-ethyl adjacent to an activating group) is 1. The number of quaternary nitrogens is 1. The summed E-state index contributed by atoms with van der Waals surface area (Å²) in [6.45, 7) is 6.34. The number of hydrogen-bond acceptors (Lipinski definition) is 5. The fourth-order valence-corrected chi connectivity index (χ4v) is 4.02. The molecule has 1 N–H and O–H groups in total. The molecule has 0 radical (unpaired) electrons. The molecule has 0 heterocycles. The van der Waals surface area contributed by atoms with Crippen molar-refractivity contribution in [3.63, 3.8) is 0 Å². The van der Waals surface area contributed by atoms with Gasteiger partial charge in [0.1, 0.15) is 13.2 Å². The van der Waals surface area contributed by atoms with Gasteiger partial charge in [0.05, 0.1) is 27.7 Å². The quantitative estimate of drug-likeness (QED) is 0.0878. The maximum Gasteiger partial charge on any atom is 1.00 e. The monoisotopic (exact) mass is 461 g/mol. The van der Waals surface area contributed by atoms with Crippen molar-refractivity contribution in [1.29, 1.82) is 0 Å². The Morgan fingerprint density at radius 2 is 1.20 bits per heavy atom. The predicted molar refractivity (Wildman–Crippen MR) is 124 cm³/mol. The zero-order chi connectivity index (χ0) is 21.8. The summed E-state index contributed by atoms with van der Waals surface area (Å²) in [4.78, 5) is 0. The first-order chi connectivity index (χ1) is 13.8. The molecule has 0 rings (SSSR count). The number of phosphoric acid groups is 1. The van der Waals surface area contributed by atoms with E-state index in [1.165, 1.54) is 64.2 Å². The summed E-state index contributed by atoms with van der Waals surface area (Å²) in [5.74, 6) is 0. The van der Waals surface area contributed by atoms with Gasteiger partial charge in [0, 0.05) is 6.54 Å². The summed E-state index contributed by atoms with van der Waals surface area (Å²) in [5, 5.41) is 0. The van der Waals surface area contributed by atoms with Crippen LogP contribution in [0.25, 0.3) is 0 Å². The Hall–Kier alpha value is 1.03. The number of unbranched alkanes of at least 4 members (excludes halogenated alkanes) is 11. The number of phosphoric ester groups is 1. The van der Waals surface area contributed by atoms with Gasteiger partial charge in [-0.1, -0.05) is 84.5 Å². The van der Waals surface area contributed by atoms with Crippen LogP contribution in [0.3, 0.4) is 0 Å². The molecule has 30 heavy (non-hydrogen) atoms. The van der Waals surface area contributed by atoms with E-state index < -0.39 is 7.82 Å². The van der Waals surface area contributed by atoms with E-state index in [4.69, 9.17) is 13.7 Å². The van der Waals surface area contributed by atoms with E-state index in [9.17, 15) is 4.57 Å². The minimum Gasteiger partial charge on any atom is -1.00 e. The van der Waals surface area contributed by atoms with Gasteiger partial charge in [-0.25, -0.2) is 4.57 Å². The van der Waals surface area contributed by atoms with Crippen LogP contribution in [-0.2, 0) is 18.2 Å². The minimum atomic E-state index is -3.53. The molecular weight excluding hydrogens is 410 g/mol. The van der Waals surface area contributed by atoms with E-state index >= 15 is 0 Å². The fraction of sp³-hybridized carbons (Fsp3) is 1.00. The Balaban J connectivity index is -0.00000392. The molecule has 6 nitrogen and oxygen atoms in total. The average molecular weight is 462 g/mol. The molecule has 0 aromatic rings. The molecule has 1 atom stereocenters. The van der Waals surface area contributed by atoms with Crippen LogP contribution in [0, 0.1) is 0 Å². The van der Waals surface area contributed by atoms with Crippen LogP contribution in [-0.4, -0.2) is 51.9 Å². The Labute approximate surface area is 211 Å². The van der Waals surface area contributed by atoms with Gasteiger partial charge in [0.15, 0.2) is 0 Å². The summed E-state index contributed by atoms with van der Waals surface area (Å²) >= 11 is 0. The van der Waals surface area contributed by atoms with E-state index in [1.807, 2.05) is 6.92 Å². The molecule has 1 unspecified atom stereocenters. The molecular formula is C22H51N2NaO4P+.